The van der Waals surface area contributed by atoms with Crippen LogP contribution in [-0.2, 0) is 11.3 Å². The molecular formula is C14H21BrN2OS. The van der Waals surface area contributed by atoms with Gasteiger partial charge in [0, 0.05) is 15.9 Å². The molecule has 0 aliphatic heterocycles. The number of hydrogen-bond donors (Lipinski definition) is 2. The first-order chi connectivity index (χ1) is 9.18. The molecule has 1 saturated carbocycles. The molecule has 1 fully saturated rings. The summed E-state index contributed by atoms with van der Waals surface area (Å²) in [6.07, 6.45) is 6.56. The van der Waals surface area contributed by atoms with Crippen LogP contribution >= 0.6 is 27.3 Å². The third-order valence-electron chi connectivity index (χ3n) is 4.03. The minimum atomic E-state index is -0.333. The zero-order valence-corrected chi connectivity index (χ0v) is 13.5. The van der Waals surface area contributed by atoms with Gasteiger partial charge in [0.2, 0.25) is 5.91 Å². The zero-order valence-electron chi connectivity index (χ0n) is 11.1. The summed E-state index contributed by atoms with van der Waals surface area (Å²) in [6, 6.07) is 2.01. The molecule has 0 atom stereocenters. The molecule has 0 radical (unpaired) electrons. The van der Waals surface area contributed by atoms with Crippen molar-refractivity contribution in [2.45, 2.75) is 45.1 Å². The van der Waals surface area contributed by atoms with E-state index in [9.17, 15) is 4.79 Å². The number of nitrogens with two attached hydrogens (primary N) is 1. The molecule has 1 aromatic rings. The monoisotopic (exact) mass is 344 g/mol. The molecule has 0 bridgehead atoms. The first-order valence-electron chi connectivity index (χ1n) is 6.88. The van der Waals surface area contributed by atoms with Crippen molar-refractivity contribution >= 4 is 33.2 Å². The van der Waals surface area contributed by atoms with Gasteiger partial charge in [0.25, 0.3) is 0 Å². The maximum Gasteiger partial charge on any atom is 0.227 e. The summed E-state index contributed by atoms with van der Waals surface area (Å²) in [5.74, 6) is 0.136. The second kappa shape index (κ2) is 6.86. The van der Waals surface area contributed by atoms with E-state index < -0.39 is 0 Å². The fourth-order valence-corrected chi connectivity index (χ4v) is 4.16. The van der Waals surface area contributed by atoms with E-state index in [1.165, 1.54) is 12.8 Å². The molecule has 2 rings (SSSR count). The van der Waals surface area contributed by atoms with E-state index in [0.717, 1.165) is 35.0 Å². The molecule has 3 N–H and O–H groups in total. The van der Waals surface area contributed by atoms with E-state index in [0.29, 0.717) is 13.1 Å². The highest BCUT2D eigenvalue weighted by molar-refractivity contribution is 9.10. The first kappa shape index (κ1) is 15.0. The van der Waals surface area contributed by atoms with Crippen LogP contribution in [0.25, 0.3) is 0 Å². The van der Waals surface area contributed by atoms with Crippen LogP contribution in [0.15, 0.2) is 15.9 Å². The number of amides is 1. The van der Waals surface area contributed by atoms with Crippen molar-refractivity contribution in [1.82, 2.24) is 5.32 Å². The highest BCUT2D eigenvalue weighted by Gasteiger charge is 2.36. The van der Waals surface area contributed by atoms with Crippen LogP contribution in [0.5, 0.6) is 0 Å². The molecule has 3 nitrogen and oxygen atoms in total. The third-order valence-corrected chi connectivity index (χ3v) is 5.96. The van der Waals surface area contributed by atoms with E-state index in [1.807, 2.05) is 11.4 Å². The van der Waals surface area contributed by atoms with Gasteiger partial charge in [-0.2, -0.15) is 0 Å². The second-order valence-electron chi connectivity index (χ2n) is 5.27. The molecule has 5 heteroatoms. The van der Waals surface area contributed by atoms with Crippen LogP contribution in [0, 0.1) is 5.41 Å². The number of carbonyl (C=O) groups excluding carboxylic acids is 1. The van der Waals surface area contributed by atoms with Crippen LogP contribution in [-0.4, -0.2) is 12.5 Å². The van der Waals surface area contributed by atoms with Crippen LogP contribution in [0.4, 0.5) is 0 Å². The number of hydrogen-bond acceptors (Lipinski definition) is 3. The van der Waals surface area contributed by atoms with E-state index in [4.69, 9.17) is 5.73 Å². The van der Waals surface area contributed by atoms with E-state index >= 15 is 0 Å². The standard InChI is InChI=1S/C14H21BrN2OS/c15-11-5-8-19-12(11)9-17-13(18)14(10-16)6-3-1-2-4-7-14/h5,8H,1-4,6-7,9-10,16H2,(H,17,18). The topological polar surface area (TPSA) is 55.1 Å². The minimum Gasteiger partial charge on any atom is -0.351 e. The summed E-state index contributed by atoms with van der Waals surface area (Å²) < 4.78 is 1.07. The first-order valence-corrected chi connectivity index (χ1v) is 8.55. The van der Waals surface area contributed by atoms with Gasteiger partial charge < -0.3 is 11.1 Å². The van der Waals surface area contributed by atoms with Gasteiger partial charge in [0.05, 0.1) is 12.0 Å². The number of carbonyl (C=O) groups is 1. The average Bonchev–Trinajstić information content (AvgIpc) is 2.68. The normalized spacial score (nSPS) is 18.8. The Hall–Kier alpha value is -0.390. The smallest absolute Gasteiger partial charge is 0.227 e. The van der Waals surface area contributed by atoms with Gasteiger partial charge in [-0.1, -0.05) is 25.7 Å². The van der Waals surface area contributed by atoms with Crippen molar-refractivity contribution in [2.75, 3.05) is 6.54 Å². The third kappa shape index (κ3) is 3.58. The molecule has 1 aliphatic carbocycles. The molecular weight excluding hydrogens is 324 g/mol. The fourth-order valence-electron chi connectivity index (χ4n) is 2.73. The van der Waals surface area contributed by atoms with Crippen molar-refractivity contribution in [1.29, 1.82) is 0 Å². The summed E-state index contributed by atoms with van der Waals surface area (Å²) in [5.41, 5.74) is 5.59. The molecule has 0 saturated heterocycles. The quantitative estimate of drug-likeness (QED) is 0.822. The van der Waals surface area contributed by atoms with Crippen molar-refractivity contribution in [3.63, 3.8) is 0 Å². The highest BCUT2D eigenvalue weighted by Crippen LogP contribution is 2.34. The summed E-state index contributed by atoms with van der Waals surface area (Å²) in [4.78, 5) is 13.7. The summed E-state index contributed by atoms with van der Waals surface area (Å²) in [7, 11) is 0. The molecule has 1 aromatic heterocycles. The van der Waals surface area contributed by atoms with Crippen LogP contribution < -0.4 is 11.1 Å². The summed E-state index contributed by atoms with van der Waals surface area (Å²) >= 11 is 5.15. The van der Waals surface area contributed by atoms with Gasteiger partial charge in [-0.05, 0) is 40.2 Å². The van der Waals surface area contributed by atoms with Crippen molar-refractivity contribution in [3.8, 4) is 0 Å². The predicted molar refractivity (Wildman–Crippen MR) is 83.1 cm³/mol. The lowest BCUT2D eigenvalue weighted by Gasteiger charge is -2.29. The zero-order chi connectivity index (χ0) is 13.7. The van der Waals surface area contributed by atoms with E-state index in [2.05, 4.69) is 21.2 Å². The van der Waals surface area contributed by atoms with Crippen molar-refractivity contribution in [3.05, 3.63) is 20.8 Å². The fraction of sp³-hybridized carbons (Fsp3) is 0.643. The number of halogens is 1. The van der Waals surface area contributed by atoms with Crippen molar-refractivity contribution in [2.24, 2.45) is 11.1 Å². The Bertz CT molecular complexity index is 425. The molecule has 0 spiro atoms. The Labute approximate surface area is 127 Å². The largest absolute Gasteiger partial charge is 0.351 e. The van der Waals surface area contributed by atoms with Crippen LogP contribution in [0.1, 0.15) is 43.4 Å². The molecule has 106 valence electrons. The number of rotatable bonds is 4. The summed E-state index contributed by atoms with van der Waals surface area (Å²) in [5, 5.41) is 5.10. The molecule has 0 unspecified atom stereocenters. The Kier molecular flexibility index (Phi) is 5.42. The van der Waals surface area contributed by atoms with Gasteiger partial charge in [-0.3, -0.25) is 4.79 Å². The minimum absolute atomic E-state index is 0.136. The molecule has 1 aliphatic rings. The van der Waals surface area contributed by atoms with Gasteiger partial charge in [-0.25, -0.2) is 0 Å². The van der Waals surface area contributed by atoms with Gasteiger partial charge in [0.15, 0.2) is 0 Å². The van der Waals surface area contributed by atoms with Crippen LogP contribution in [0.3, 0.4) is 0 Å². The lowest BCUT2D eigenvalue weighted by atomic mass is 9.79. The summed E-state index contributed by atoms with van der Waals surface area (Å²) in [6.45, 7) is 1.06. The molecule has 19 heavy (non-hydrogen) atoms. The molecule has 1 heterocycles. The van der Waals surface area contributed by atoms with Gasteiger partial charge in [0.1, 0.15) is 0 Å². The molecule has 0 aromatic carbocycles. The lowest BCUT2D eigenvalue weighted by molar-refractivity contribution is -0.131. The van der Waals surface area contributed by atoms with Gasteiger partial charge in [-0.15, -0.1) is 11.3 Å². The lowest BCUT2D eigenvalue weighted by Crippen LogP contribution is -2.45. The molecule has 1 amide bonds. The number of nitrogens with one attached hydrogen (secondary N) is 1. The SMILES string of the molecule is NCC1(C(=O)NCc2sccc2Br)CCCCCC1. The van der Waals surface area contributed by atoms with E-state index in [1.54, 1.807) is 11.3 Å². The average molecular weight is 345 g/mol. The van der Waals surface area contributed by atoms with Crippen molar-refractivity contribution < 1.29 is 4.79 Å². The van der Waals surface area contributed by atoms with E-state index in [-0.39, 0.29) is 11.3 Å². The van der Waals surface area contributed by atoms with Gasteiger partial charge >= 0.3 is 0 Å². The Morgan fingerprint density at radius 3 is 2.58 bits per heavy atom. The Morgan fingerprint density at radius 1 is 1.37 bits per heavy atom. The Morgan fingerprint density at radius 2 is 2.05 bits per heavy atom. The maximum atomic E-state index is 12.5. The maximum absolute atomic E-state index is 12.5. The Balaban J connectivity index is 1.98. The second-order valence-corrected chi connectivity index (χ2v) is 7.13. The number of thiophene rings is 1. The highest BCUT2D eigenvalue weighted by atomic mass is 79.9. The van der Waals surface area contributed by atoms with Crippen LogP contribution in [0.2, 0.25) is 0 Å². The predicted octanol–water partition coefficient (Wildman–Crippen LogP) is 3.43.